The highest BCUT2D eigenvalue weighted by Gasteiger charge is 2.94. The van der Waals surface area contributed by atoms with E-state index in [2.05, 4.69) is 0 Å². The summed E-state index contributed by atoms with van der Waals surface area (Å²) >= 11 is 0. The SMILES string of the molecule is C[C@]12C[C@@]3(O)O[C@H](O1)[C@]1(COC(=O)c4ccccc4)[C@@H]3C[C@]12O[C@@H]1OC(CO)C(O)C(O)C1O. The molecule has 6 bridgehead atoms. The molecule has 34 heavy (non-hydrogen) atoms. The van der Waals surface area contributed by atoms with Gasteiger partial charge in [0, 0.05) is 12.3 Å². The van der Waals surface area contributed by atoms with Gasteiger partial charge >= 0.3 is 5.97 Å². The highest BCUT2D eigenvalue weighted by atomic mass is 16.8. The average molecular weight is 480 g/mol. The monoisotopic (exact) mass is 480 g/mol. The lowest BCUT2D eigenvalue weighted by molar-refractivity contribution is -0.424. The zero-order valence-electron chi connectivity index (χ0n) is 18.4. The normalized spacial score (nSPS) is 52.5. The Labute approximate surface area is 194 Å². The second-order valence-electron chi connectivity index (χ2n) is 10.2. The first-order valence-corrected chi connectivity index (χ1v) is 11.4. The maximum Gasteiger partial charge on any atom is 0.338 e. The number of aliphatic hydroxyl groups is 5. The molecule has 1 aromatic rings. The summed E-state index contributed by atoms with van der Waals surface area (Å²) in [6, 6.07) is 8.47. The summed E-state index contributed by atoms with van der Waals surface area (Å²) in [6.07, 6.45) is -7.87. The molecular formula is C23H28O11. The van der Waals surface area contributed by atoms with E-state index in [1.807, 2.05) is 0 Å². The number of rotatable bonds is 6. The topological polar surface area (TPSA) is 164 Å². The van der Waals surface area contributed by atoms with E-state index < -0.39 is 77.9 Å². The van der Waals surface area contributed by atoms with Gasteiger partial charge in [-0.15, -0.1) is 0 Å². The Morgan fingerprint density at radius 1 is 1.12 bits per heavy atom. The van der Waals surface area contributed by atoms with E-state index in [1.54, 1.807) is 37.3 Å². The van der Waals surface area contributed by atoms with E-state index in [0.717, 1.165) is 0 Å². The summed E-state index contributed by atoms with van der Waals surface area (Å²) in [5.74, 6) is -2.49. The van der Waals surface area contributed by atoms with Crippen LogP contribution < -0.4 is 0 Å². The molecule has 3 saturated carbocycles. The maximum absolute atomic E-state index is 12.7. The molecule has 11 heteroatoms. The number of hydrogen-bond donors (Lipinski definition) is 5. The number of hydrogen-bond acceptors (Lipinski definition) is 11. The van der Waals surface area contributed by atoms with Crippen molar-refractivity contribution in [2.75, 3.05) is 13.2 Å². The van der Waals surface area contributed by atoms with Gasteiger partial charge in [-0.05, 0) is 25.5 Å². The lowest BCUT2D eigenvalue weighted by Crippen LogP contribution is -2.80. The fraction of sp³-hybridized carbons (Fsp3) is 0.696. The Kier molecular flexibility index (Phi) is 4.81. The van der Waals surface area contributed by atoms with Crippen molar-refractivity contribution in [3.63, 3.8) is 0 Å². The Hall–Kier alpha value is -1.67. The molecule has 7 aliphatic rings. The minimum absolute atomic E-state index is 0.0902. The quantitative estimate of drug-likeness (QED) is 0.306. The van der Waals surface area contributed by atoms with Crippen LogP contribution in [0.4, 0.5) is 0 Å². The lowest BCUT2D eigenvalue weighted by Gasteiger charge is -2.67. The number of esters is 1. The molecule has 5 N–H and O–H groups in total. The first-order valence-electron chi connectivity index (χ1n) is 11.4. The van der Waals surface area contributed by atoms with E-state index in [0.29, 0.717) is 5.56 Å². The van der Waals surface area contributed by atoms with Crippen LogP contribution in [0.5, 0.6) is 0 Å². The Bertz CT molecular complexity index is 988. The van der Waals surface area contributed by atoms with Gasteiger partial charge in [0.15, 0.2) is 18.4 Å². The number of carbonyl (C=O) groups excluding carboxylic acids is 1. The van der Waals surface area contributed by atoms with Crippen molar-refractivity contribution in [1.82, 2.24) is 0 Å². The molecule has 1 aromatic carbocycles. The molecule has 4 saturated heterocycles. The molecule has 0 radical (unpaired) electrons. The van der Waals surface area contributed by atoms with E-state index in [9.17, 15) is 30.3 Å². The summed E-state index contributed by atoms with van der Waals surface area (Å²) in [6.45, 7) is 0.985. The van der Waals surface area contributed by atoms with Crippen LogP contribution in [-0.4, -0.2) is 98.7 Å². The highest BCUT2D eigenvalue weighted by Crippen LogP contribution is 2.81. The molecular weight excluding hydrogens is 452 g/mol. The van der Waals surface area contributed by atoms with Crippen molar-refractivity contribution in [2.45, 2.75) is 73.8 Å². The van der Waals surface area contributed by atoms with Crippen molar-refractivity contribution in [3.8, 4) is 0 Å². The molecule has 0 spiro atoms. The van der Waals surface area contributed by atoms with E-state index in [-0.39, 0.29) is 19.4 Å². The van der Waals surface area contributed by atoms with Gasteiger partial charge in [-0.3, -0.25) is 0 Å². The molecule has 11 nitrogen and oxygen atoms in total. The molecule has 7 fully saturated rings. The van der Waals surface area contributed by atoms with Crippen LogP contribution in [-0.2, 0) is 23.7 Å². The van der Waals surface area contributed by atoms with Gasteiger partial charge in [-0.25, -0.2) is 4.79 Å². The van der Waals surface area contributed by atoms with Crippen LogP contribution >= 0.6 is 0 Å². The summed E-state index contributed by atoms with van der Waals surface area (Å²) < 4.78 is 29.7. The second kappa shape index (κ2) is 7.19. The predicted octanol–water partition coefficient (Wildman–Crippen LogP) is -1.36. The zero-order valence-corrected chi connectivity index (χ0v) is 18.4. The molecule has 3 aliphatic carbocycles. The lowest BCUT2D eigenvalue weighted by atomic mass is 9.41. The average Bonchev–Trinajstić information content (AvgIpc) is 3.00. The summed E-state index contributed by atoms with van der Waals surface area (Å²) in [5, 5.41) is 51.7. The third-order valence-corrected chi connectivity index (χ3v) is 8.57. The third kappa shape index (κ3) is 2.59. The molecule has 0 aromatic heterocycles. The second-order valence-corrected chi connectivity index (χ2v) is 10.2. The fourth-order valence-corrected chi connectivity index (χ4v) is 6.87. The fourth-order valence-electron chi connectivity index (χ4n) is 6.87. The molecule has 4 unspecified atom stereocenters. The Balaban J connectivity index is 1.32. The van der Waals surface area contributed by atoms with Crippen LogP contribution in [0.25, 0.3) is 0 Å². The summed E-state index contributed by atoms with van der Waals surface area (Å²) in [7, 11) is 0. The van der Waals surface area contributed by atoms with Crippen molar-refractivity contribution >= 4 is 5.97 Å². The first kappa shape index (κ1) is 22.8. The van der Waals surface area contributed by atoms with Crippen LogP contribution in [0.1, 0.15) is 30.1 Å². The number of benzene rings is 1. The van der Waals surface area contributed by atoms with Crippen molar-refractivity contribution < 1.29 is 54.0 Å². The molecule has 11 atom stereocenters. The van der Waals surface area contributed by atoms with Crippen LogP contribution in [0.3, 0.4) is 0 Å². The van der Waals surface area contributed by atoms with Gasteiger partial charge in [-0.2, -0.15) is 0 Å². The zero-order chi connectivity index (χ0) is 24.1. The number of ether oxygens (including phenoxy) is 5. The van der Waals surface area contributed by atoms with Gasteiger partial charge in [0.05, 0.1) is 17.6 Å². The standard InChI is InChI=1S/C23H28O11/c1-20-9-22(29)13-7-23(20,32-18-16(27)15(26)14(25)12(8-24)31-18)21(13,19(33-20)34-22)10-30-17(28)11-5-3-2-4-6-11/h2-6,12-16,18-19,24-27,29H,7-10H2,1H3/t12?,13-,14?,15?,16?,18-,19-,20+,21-,22+,23+/m0/s1. The summed E-state index contributed by atoms with van der Waals surface area (Å²) in [5.41, 5.74) is -2.99. The predicted molar refractivity (Wildman–Crippen MR) is 109 cm³/mol. The molecule has 0 amide bonds. The minimum atomic E-state index is -1.61. The summed E-state index contributed by atoms with van der Waals surface area (Å²) in [4.78, 5) is 12.7. The van der Waals surface area contributed by atoms with Gasteiger partial charge in [0.1, 0.15) is 42.2 Å². The maximum atomic E-state index is 12.7. The molecule has 4 heterocycles. The van der Waals surface area contributed by atoms with Crippen molar-refractivity contribution in [2.24, 2.45) is 11.3 Å². The van der Waals surface area contributed by atoms with Gasteiger partial charge in [0.2, 0.25) is 0 Å². The van der Waals surface area contributed by atoms with Crippen LogP contribution in [0.2, 0.25) is 0 Å². The van der Waals surface area contributed by atoms with Crippen molar-refractivity contribution in [3.05, 3.63) is 35.9 Å². The van der Waals surface area contributed by atoms with E-state index in [4.69, 9.17) is 23.7 Å². The van der Waals surface area contributed by atoms with Crippen LogP contribution in [0.15, 0.2) is 30.3 Å². The van der Waals surface area contributed by atoms with E-state index in [1.165, 1.54) is 0 Å². The molecule has 8 rings (SSSR count). The highest BCUT2D eigenvalue weighted by molar-refractivity contribution is 5.89. The van der Waals surface area contributed by atoms with Crippen LogP contribution in [0, 0.1) is 11.3 Å². The number of aliphatic hydroxyl groups excluding tert-OH is 4. The first-order chi connectivity index (χ1) is 16.1. The van der Waals surface area contributed by atoms with Gasteiger partial charge in [0.25, 0.3) is 0 Å². The van der Waals surface area contributed by atoms with Gasteiger partial charge in [-0.1, -0.05) is 18.2 Å². The smallest absolute Gasteiger partial charge is 0.338 e. The Morgan fingerprint density at radius 2 is 1.85 bits per heavy atom. The molecule has 4 aliphatic heterocycles. The van der Waals surface area contributed by atoms with E-state index >= 15 is 0 Å². The largest absolute Gasteiger partial charge is 0.461 e. The minimum Gasteiger partial charge on any atom is -0.461 e. The van der Waals surface area contributed by atoms with Crippen molar-refractivity contribution in [1.29, 1.82) is 0 Å². The Morgan fingerprint density at radius 3 is 2.56 bits per heavy atom. The third-order valence-electron chi connectivity index (χ3n) is 8.57. The number of carbonyl (C=O) groups is 1. The molecule has 186 valence electrons. The van der Waals surface area contributed by atoms with Gasteiger partial charge < -0.3 is 49.2 Å².